The number of Topliss-reactive ketones (excluding diaryl/α,β-unsaturated/α-hetero) is 1. The Morgan fingerprint density at radius 2 is 1.52 bits per heavy atom. The molecule has 4 bridgehead atoms. The van der Waals surface area contributed by atoms with Gasteiger partial charge in [0, 0.05) is 26.3 Å². The summed E-state index contributed by atoms with van der Waals surface area (Å²) in [5, 5.41) is 3.19. The van der Waals surface area contributed by atoms with Crippen LogP contribution in [0.15, 0.2) is 11.8 Å². The second-order valence-corrected chi connectivity index (χ2v) is 7.49. The molecule has 0 unspecified atom stereocenters. The smallest absolute Gasteiger partial charge is 0.256 e. The van der Waals surface area contributed by atoms with E-state index in [0.29, 0.717) is 11.8 Å². The third kappa shape index (κ3) is 2.85. The number of carbonyl (C=O) groups excluding carboxylic acids is 2. The Hall–Kier alpha value is -1.32. The number of nitrogens with one attached hydrogen (secondary N) is 1. The SMILES string of the molecule is CC(=O)C(=CN(C)C)C(=O)NC1C2CC3CC(C2)CC1C3. The maximum Gasteiger partial charge on any atom is 0.256 e. The van der Waals surface area contributed by atoms with Crippen LogP contribution in [-0.2, 0) is 9.59 Å². The van der Waals surface area contributed by atoms with E-state index in [0.717, 1.165) is 11.8 Å². The van der Waals surface area contributed by atoms with Gasteiger partial charge in [-0.1, -0.05) is 0 Å². The van der Waals surface area contributed by atoms with Crippen molar-refractivity contribution in [2.45, 2.75) is 45.1 Å². The Balaban J connectivity index is 1.71. The first-order valence-electron chi connectivity index (χ1n) is 8.14. The van der Waals surface area contributed by atoms with Crippen molar-refractivity contribution >= 4 is 11.7 Å². The molecule has 0 spiro atoms. The summed E-state index contributed by atoms with van der Waals surface area (Å²) in [7, 11) is 3.66. The van der Waals surface area contributed by atoms with E-state index in [1.807, 2.05) is 14.1 Å². The third-order valence-corrected chi connectivity index (χ3v) is 5.54. The van der Waals surface area contributed by atoms with Gasteiger partial charge in [0.2, 0.25) is 0 Å². The summed E-state index contributed by atoms with van der Waals surface area (Å²) in [6.45, 7) is 1.46. The molecular formula is C17H26N2O2. The van der Waals surface area contributed by atoms with E-state index in [4.69, 9.17) is 0 Å². The van der Waals surface area contributed by atoms with Crippen LogP contribution in [0.25, 0.3) is 0 Å². The molecule has 0 aromatic rings. The van der Waals surface area contributed by atoms with Crippen molar-refractivity contribution in [1.82, 2.24) is 10.2 Å². The van der Waals surface area contributed by atoms with Gasteiger partial charge in [-0.15, -0.1) is 0 Å². The Morgan fingerprint density at radius 1 is 1.00 bits per heavy atom. The monoisotopic (exact) mass is 290 g/mol. The van der Waals surface area contributed by atoms with E-state index >= 15 is 0 Å². The lowest BCUT2D eigenvalue weighted by molar-refractivity contribution is -0.124. The molecule has 0 radical (unpaired) electrons. The molecule has 4 saturated carbocycles. The first-order valence-corrected chi connectivity index (χ1v) is 8.14. The maximum atomic E-state index is 12.5. The fourth-order valence-electron chi connectivity index (χ4n) is 4.96. The molecule has 4 nitrogen and oxygen atoms in total. The van der Waals surface area contributed by atoms with Gasteiger partial charge in [0.1, 0.15) is 0 Å². The van der Waals surface area contributed by atoms with Gasteiger partial charge in [0.05, 0.1) is 5.57 Å². The normalized spacial score (nSPS) is 37.5. The van der Waals surface area contributed by atoms with Crippen LogP contribution in [0.5, 0.6) is 0 Å². The van der Waals surface area contributed by atoms with Crippen LogP contribution in [-0.4, -0.2) is 36.7 Å². The largest absolute Gasteiger partial charge is 0.383 e. The molecule has 4 aliphatic carbocycles. The number of hydrogen-bond acceptors (Lipinski definition) is 3. The van der Waals surface area contributed by atoms with E-state index in [-0.39, 0.29) is 23.3 Å². The Kier molecular flexibility index (Phi) is 3.80. The maximum absolute atomic E-state index is 12.5. The summed E-state index contributed by atoms with van der Waals surface area (Å²) >= 11 is 0. The highest BCUT2D eigenvalue weighted by atomic mass is 16.2. The minimum absolute atomic E-state index is 0.162. The molecule has 4 rings (SSSR count). The van der Waals surface area contributed by atoms with Crippen LogP contribution in [0.3, 0.4) is 0 Å². The van der Waals surface area contributed by atoms with Crippen LogP contribution < -0.4 is 5.32 Å². The van der Waals surface area contributed by atoms with E-state index < -0.39 is 0 Å². The summed E-state index contributed by atoms with van der Waals surface area (Å²) in [6, 6.07) is 0.287. The third-order valence-electron chi connectivity index (χ3n) is 5.54. The van der Waals surface area contributed by atoms with Gasteiger partial charge < -0.3 is 10.2 Å². The topological polar surface area (TPSA) is 49.4 Å². The fraction of sp³-hybridized carbons (Fsp3) is 0.765. The minimum atomic E-state index is -0.186. The number of ketones is 1. The van der Waals surface area contributed by atoms with Crippen molar-refractivity contribution in [2.24, 2.45) is 23.7 Å². The second kappa shape index (κ2) is 5.47. The number of nitrogens with zero attached hydrogens (tertiary/aromatic N) is 1. The first-order chi connectivity index (χ1) is 9.94. The van der Waals surface area contributed by atoms with Crippen LogP contribution in [0.2, 0.25) is 0 Å². The zero-order valence-electron chi connectivity index (χ0n) is 13.3. The van der Waals surface area contributed by atoms with Crippen molar-refractivity contribution in [3.8, 4) is 0 Å². The number of hydrogen-bond donors (Lipinski definition) is 1. The van der Waals surface area contributed by atoms with Gasteiger partial charge in [-0.05, 0) is 62.7 Å². The Morgan fingerprint density at radius 3 is 1.95 bits per heavy atom. The Labute approximate surface area is 127 Å². The highest BCUT2D eigenvalue weighted by Gasteiger charge is 2.48. The van der Waals surface area contributed by atoms with Crippen molar-refractivity contribution in [2.75, 3.05) is 14.1 Å². The van der Waals surface area contributed by atoms with E-state index in [2.05, 4.69) is 5.32 Å². The number of carbonyl (C=O) groups is 2. The quantitative estimate of drug-likeness (QED) is 0.489. The zero-order chi connectivity index (χ0) is 15.1. The van der Waals surface area contributed by atoms with Gasteiger partial charge in [-0.3, -0.25) is 9.59 Å². The highest BCUT2D eigenvalue weighted by Crippen LogP contribution is 2.53. The van der Waals surface area contributed by atoms with Gasteiger partial charge in [0.25, 0.3) is 5.91 Å². The molecule has 1 N–H and O–H groups in total. The average Bonchev–Trinajstić information content (AvgIpc) is 2.38. The van der Waals surface area contributed by atoms with Gasteiger partial charge in [-0.25, -0.2) is 0 Å². The molecule has 0 saturated heterocycles. The first kappa shape index (κ1) is 14.6. The number of amides is 1. The van der Waals surface area contributed by atoms with Crippen molar-refractivity contribution in [3.63, 3.8) is 0 Å². The fourth-order valence-corrected chi connectivity index (χ4v) is 4.96. The summed E-state index contributed by atoms with van der Waals surface area (Å²) in [4.78, 5) is 26.0. The van der Waals surface area contributed by atoms with Crippen LogP contribution in [0, 0.1) is 23.7 Å². The Bertz CT molecular complexity index is 453. The summed E-state index contributed by atoms with van der Waals surface area (Å²) in [6.07, 6.45) is 8.12. The van der Waals surface area contributed by atoms with Crippen LogP contribution in [0.4, 0.5) is 0 Å². The predicted molar refractivity (Wildman–Crippen MR) is 81.4 cm³/mol. The summed E-state index contributed by atoms with van der Waals surface area (Å²) < 4.78 is 0. The summed E-state index contributed by atoms with van der Waals surface area (Å²) in [5.74, 6) is 2.71. The molecule has 0 aliphatic heterocycles. The average molecular weight is 290 g/mol. The molecule has 0 heterocycles. The lowest BCUT2D eigenvalue weighted by Gasteiger charge is -2.54. The summed E-state index contributed by atoms with van der Waals surface area (Å²) in [5.41, 5.74) is 0.272. The lowest BCUT2D eigenvalue weighted by Crippen LogP contribution is -2.56. The van der Waals surface area contributed by atoms with E-state index in [1.54, 1.807) is 11.1 Å². The molecule has 0 aromatic heterocycles. The zero-order valence-corrected chi connectivity index (χ0v) is 13.3. The second-order valence-electron chi connectivity index (χ2n) is 7.49. The lowest BCUT2D eigenvalue weighted by atomic mass is 9.54. The molecule has 4 aliphatic rings. The van der Waals surface area contributed by atoms with Crippen molar-refractivity contribution < 1.29 is 9.59 Å². The molecular weight excluding hydrogens is 264 g/mol. The van der Waals surface area contributed by atoms with Gasteiger partial charge in [0.15, 0.2) is 5.78 Å². The number of rotatable bonds is 4. The van der Waals surface area contributed by atoms with Gasteiger partial charge in [-0.2, -0.15) is 0 Å². The van der Waals surface area contributed by atoms with E-state index in [1.165, 1.54) is 39.0 Å². The molecule has 0 aromatic carbocycles. The predicted octanol–water partition coefficient (Wildman–Crippen LogP) is 1.96. The highest BCUT2D eigenvalue weighted by molar-refractivity contribution is 6.18. The van der Waals surface area contributed by atoms with Crippen LogP contribution >= 0.6 is 0 Å². The molecule has 1 amide bonds. The molecule has 116 valence electrons. The molecule has 21 heavy (non-hydrogen) atoms. The van der Waals surface area contributed by atoms with Crippen molar-refractivity contribution in [3.05, 3.63) is 11.8 Å². The van der Waals surface area contributed by atoms with Crippen LogP contribution in [0.1, 0.15) is 39.0 Å². The van der Waals surface area contributed by atoms with E-state index in [9.17, 15) is 9.59 Å². The standard InChI is InChI=1S/C17H26N2O2/c1-10(20)15(9-19(2)3)17(21)18-16-13-5-11-4-12(7-13)8-14(16)6-11/h9,11-14,16H,4-8H2,1-3H3,(H,18,21). The minimum Gasteiger partial charge on any atom is -0.383 e. The molecule has 0 atom stereocenters. The van der Waals surface area contributed by atoms with Gasteiger partial charge >= 0.3 is 0 Å². The van der Waals surface area contributed by atoms with Crippen molar-refractivity contribution in [1.29, 1.82) is 0 Å². The molecule has 4 heteroatoms. The molecule has 4 fully saturated rings.